The summed E-state index contributed by atoms with van der Waals surface area (Å²) < 4.78 is 5.59. The lowest BCUT2D eigenvalue weighted by Crippen LogP contribution is -2.15. The maximum atomic E-state index is 6.14. The molecule has 0 bridgehead atoms. The zero-order valence-electron chi connectivity index (χ0n) is 11.1. The molecular formula is C16H17N3O. The Hall–Kier alpha value is -2.33. The molecular weight excluding hydrogens is 250 g/mol. The zero-order valence-corrected chi connectivity index (χ0v) is 11.1. The highest BCUT2D eigenvalue weighted by atomic mass is 16.4. The van der Waals surface area contributed by atoms with Crippen LogP contribution in [0.25, 0.3) is 11.1 Å². The number of oxazole rings is 1. The predicted octanol–water partition coefficient (Wildman–Crippen LogP) is 3.33. The zero-order chi connectivity index (χ0) is 13.8. The van der Waals surface area contributed by atoms with Crippen LogP contribution in [0.5, 0.6) is 0 Å². The van der Waals surface area contributed by atoms with Crippen LogP contribution in [0, 0.1) is 0 Å². The summed E-state index contributed by atoms with van der Waals surface area (Å²) in [6.07, 6.45) is 0.822. The van der Waals surface area contributed by atoms with E-state index in [9.17, 15) is 0 Å². The molecule has 1 heterocycles. The number of para-hydroxylation sites is 2. The van der Waals surface area contributed by atoms with Gasteiger partial charge in [-0.1, -0.05) is 42.5 Å². The summed E-state index contributed by atoms with van der Waals surface area (Å²) in [4.78, 5) is 4.36. The van der Waals surface area contributed by atoms with E-state index in [1.807, 2.05) is 54.6 Å². The quantitative estimate of drug-likeness (QED) is 0.744. The molecule has 1 unspecified atom stereocenters. The molecule has 4 nitrogen and oxygen atoms in total. The number of nitrogens with zero attached hydrogens (tertiary/aromatic N) is 1. The predicted molar refractivity (Wildman–Crippen MR) is 80.5 cm³/mol. The van der Waals surface area contributed by atoms with Crippen molar-refractivity contribution in [3.63, 3.8) is 0 Å². The van der Waals surface area contributed by atoms with Crippen LogP contribution in [0.2, 0.25) is 0 Å². The molecule has 3 aromatic rings. The van der Waals surface area contributed by atoms with Crippen LogP contribution in [-0.2, 0) is 0 Å². The first kappa shape index (κ1) is 12.7. The lowest BCUT2D eigenvalue weighted by molar-refractivity contribution is 0.602. The van der Waals surface area contributed by atoms with Crippen molar-refractivity contribution < 1.29 is 4.42 Å². The minimum Gasteiger partial charge on any atom is -0.424 e. The van der Waals surface area contributed by atoms with E-state index in [1.165, 1.54) is 0 Å². The number of hydrogen-bond acceptors (Lipinski definition) is 4. The van der Waals surface area contributed by atoms with Gasteiger partial charge >= 0.3 is 0 Å². The number of fused-ring (bicyclic) bond motifs is 1. The highest BCUT2D eigenvalue weighted by Crippen LogP contribution is 2.19. The number of anilines is 1. The molecule has 102 valence electrons. The second kappa shape index (κ2) is 5.75. The third-order valence-corrected chi connectivity index (χ3v) is 3.25. The molecule has 0 saturated carbocycles. The van der Waals surface area contributed by atoms with Gasteiger partial charge in [0.2, 0.25) is 0 Å². The number of hydrogen-bond donors (Lipinski definition) is 2. The van der Waals surface area contributed by atoms with E-state index >= 15 is 0 Å². The van der Waals surface area contributed by atoms with E-state index in [-0.39, 0.29) is 6.04 Å². The van der Waals surface area contributed by atoms with Crippen LogP contribution in [0.1, 0.15) is 18.0 Å². The molecule has 1 aromatic heterocycles. The smallest absolute Gasteiger partial charge is 0.295 e. The van der Waals surface area contributed by atoms with E-state index in [4.69, 9.17) is 10.2 Å². The number of nitrogens with two attached hydrogens (primary N) is 1. The van der Waals surface area contributed by atoms with Gasteiger partial charge in [0.25, 0.3) is 6.01 Å². The molecule has 0 spiro atoms. The Labute approximate surface area is 117 Å². The Morgan fingerprint density at radius 1 is 1.05 bits per heavy atom. The number of nitrogens with one attached hydrogen (secondary N) is 1. The normalized spacial score (nSPS) is 12.4. The third-order valence-electron chi connectivity index (χ3n) is 3.25. The van der Waals surface area contributed by atoms with Gasteiger partial charge in [-0.05, 0) is 24.1 Å². The van der Waals surface area contributed by atoms with Gasteiger partial charge in [-0.3, -0.25) is 0 Å². The van der Waals surface area contributed by atoms with Crippen molar-refractivity contribution >= 4 is 17.1 Å². The summed E-state index contributed by atoms with van der Waals surface area (Å²) in [5, 5.41) is 3.18. The SMILES string of the molecule is NC(CCNc1nc2ccccc2o1)c1ccccc1. The molecule has 4 heteroatoms. The van der Waals surface area contributed by atoms with Gasteiger partial charge in [-0.15, -0.1) is 0 Å². The maximum absolute atomic E-state index is 6.14. The lowest BCUT2D eigenvalue weighted by Gasteiger charge is -2.11. The van der Waals surface area contributed by atoms with E-state index in [0.29, 0.717) is 6.01 Å². The van der Waals surface area contributed by atoms with Gasteiger partial charge in [-0.25, -0.2) is 0 Å². The standard InChI is InChI=1S/C16H17N3O/c17-13(12-6-2-1-3-7-12)10-11-18-16-19-14-8-4-5-9-15(14)20-16/h1-9,13H,10-11,17H2,(H,18,19). The van der Waals surface area contributed by atoms with Crippen molar-refractivity contribution in [2.75, 3.05) is 11.9 Å². The van der Waals surface area contributed by atoms with Crippen LogP contribution >= 0.6 is 0 Å². The average Bonchev–Trinajstić information content (AvgIpc) is 2.90. The van der Waals surface area contributed by atoms with Gasteiger partial charge in [0.1, 0.15) is 5.52 Å². The van der Waals surface area contributed by atoms with Crippen molar-refractivity contribution in [1.82, 2.24) is 4.98 Å². The van der Waals surface area contributed by atoms with Crippen LogP contribution in [0.4, 0.5) is 6.01 Å². The summed E-state index contributed by atoms with van der Waals surface area (Å²) >= 11 is 0. The summed E-state index contributed by atoms with van der Waals surface area (Å²) in [5.74, 6) is 0. The van der Waals surface area contributed by atoms with Gasteiger partial charge in [0.15, 0.2) is 5.58 Å². The monoisotopic (exact) mass is 267 g/mol. The number of benzene rings is 2. The minimum absolute atomic E-state index is 0.0214. The topological polar surface area (TPSA) is 64.1 Å². The van der Waals surface area contributed by atoms with Gasteiger partial charge < -0.3 is 15.5 Å². The molecule has 0 saturated heterocycles. The molecule has 0 radical (unpaired) electrons. The Balaban J connectivity index is 1.57. The molecule has 3 N–H and O–H groups in total. The first-order valence-electron chi connectivity index (χ1n) is 6.73. The van der Waals surface area contributed by atoms with Crippen molar-refractivity contribution in [2.24, 2.45) is 5.73 Å². The third kappa shape index (κ3) is 2.81. The summed E-state index contributed by atoms with van der Waals surface area (Å²) in [6.45, 7) is 0.725. The molecule has 1 atom stereocenters. The van der Waals surface area contributed by atoms with Gasteiger partial charge in [0.05, 0.1) is 0 Å². The molecule has 20 heavy (non-hydrogen) atoms. The van der Waals surface area contributed by atoms with Crippen LogP contribution in [0.3, 0.4) is 0 Å². The van der Waals surface area contributed by atoms with Crippen molar-refractivity contribution in [3.8, 4) is 0 Å². The second-order valence-corrected chi connectivity index (χ2v) is 4.72. The lowest BCUT2D eigenvalue weighted by atomic mass is 10.1. The fraction of sp³-hybridized carbons (Fsp3) is 0.188. The number of aromatic nitrogens is 1. The van der Waals surface area contributed by atoms with Crippen LogP contribution in [0.15, 0.2) is 59.0 Å². The minimum atomic E-state index is 0.0214. The Bertz CT molecular complexity index is 645. The maximum Gasteiger partial charge on any atom is 0.295 e. The Morgan fingerprint density at radius 3 is 2.60 bits per heavy atom. The van der Waals surface area contributed by atoms with Crippen molar-refractivity contribution in [1.29, 1.82) is 0 Å². The molecule has 3 rings (SSSR count). The Morgan fingerprint density at radius 2 is 1.80 bits per heavy atom. The van der Waals surface area contributed by atoms with E-state index < -0.39 is 0 Å². The van der Waals surface area contributed by atoms with Gasteiger partial charge in [-0.2, -0.15) is 4.98 Å². The first-order chi connectivity index (χ1) is 9.83. The van der Waals surface area contributed by atoms with Crippen molar-refractivity contribution in [3.05, 3.63) is 60.2 Å². The summed E-state index contributed by atoms with van der Waals surface area (Å²) in [6, 6.07) is 18.4. The fourth-order valence-corrected chi connectivity index (χ4v) is 2.15. The summed E-state index contributed by atoms with van der Waals surface area (Å²) in [5.41, 5.74) is 8.95. The molecule has 2 aromatic carbocycles. The Kier molecular flexibility index (Phi) is 3.65. The van der Waals surface area contributed by atoms with E-state index in [1.54, 1.807) is 0 Å². The van der Waals surface area contributed by atoms with E-state index in [0.717, 1.165) is 29.6 Å². The van der Waals surface area contributed by atoms with Crippen molar-refractivity contribution in [2.45, 2.75) is 12.5 Å². The van der Waals surface area contributed by atoms with Crippen LogP contribution < -0.4 is 11.1 Å². The molecule has 0 aliphatic rings. The summed E-state index contributed by atoms with van der Waals surface area (Å²) in [7, 11) is 0. The van der Waals surface area contributed by atoms with Crippen LogP contribution in [-0.4, -0.2) is 11.5 Å². The highest BCUT2D eigenvalue weighted by Gasteiger charge is 2.07. The fourth-order valence-electron chi connectivity index (χ4n) is 2.15. The second-order valence-electron chi connectivity index (χ2n) is 4.72. The number of rotatable bonds is 5. The van der Waals surface area contributed by atoms with Gasteiger partial charge in [0, 0.05) is 12.6 Å². The largest absolute Gasteiger partial charge is 0.424 e. The average molecular weight is 267 g/mol. The molecule has 0 amide bonds. The van der Waals surface area contributed by atoms with E-state index in [2.05, 4.69) is 10.3 Å². The first-order valence-corrected chi connectivity index (χ1v) is 6.73. The highest BCUT2D eigenvalue weighted by molar-refractivity contribution is 5.74. The molecule has 0 aliphatic carbocycles. The molecule has 0 fully saturated rings. The molecule has 0 aliphatic heterocycles.